The van der Waals surface area contributed by atoms with E-state index in [1.165, 1.54) is 0 Å². The van der Waals surface area contributed by atoms with Gasteiger partial charge in [-0.1, -0.05) is 6.92 Å². The van der Waals surface area contributed by atoms with Crippen LogP contribution in [0.5, 0.6) is 0 Å². The topological polar surface area (TPSA) is 107 Å². The number of carbonyl (C=O) groups is 1. The highest BCUT2D eigenvalue weighted by Gasteiger charge is 2.34. The highest BCUT2D eigenvalue weighted by Crippen LogP contribution is 2.29. The van der Waals surface area contributed by atoms with Crippen LogP contribution >= 0.6 is 0 Å². The van der Waals surface area contributed by atoms with Crippen LogP contribution in [0.25, 0.3) is 0 Å². The predicted molar refractivity (Wildman–Crippen MR) is 81.3 cm³/mol. The monoisotopic (exact) mass is 309 g/mol. The number of aromatic nitrogens is 2. The number of hydrogen-bond donors (Lipinski definition) is 1. The van der Waals surface area contributed by atoms with Crippen LogP contribution in [0.3, 0.4) is 0 Å². The van der Waals surface area contributed by atoms with Gasteiger partial charge in [-0.3, -0.25) is 19.6 Å². The van der Waals surface area contributed by atoms with Crippen LogP contribution in [0.2, 0.25) is 0 Å². The van der Waals surface area contributed by atoms with Crippen LogP contribution in [-0.2, 0) is 11.3 Å². The molecule has 0 aliphatic carbocycles. The van der Waals surface area contributed by atoms with Gasteiger partial charge in [0.25, 0.3) is 0 Å². The number of carbonyl (C=O) groups excluding carboxylic acids is 1. The predicted octanol–water partition coefficient (Wildman–Crippen LogP) is 0.996. The number of rotatable bonds is 5. The molecule has 2 heterocycles. The number of hydrogen-bond acceptors (Lipinski definition) is 5. The van der Waals surface area contributed by atoms with Crippen molar-refractivity contribution in [3.05, 3.63) is 21.5 Å². The van der Waals surface area contributed by atoms with Crippen LogP contribution in [0.1, 0.15) is 31.2 Å². The van der Waals surface area contributed by atoms with E-state index in [0.29, 0.717) is 37.4 Å². The maximum atomic E-state index is 12.3. The van der Waals surface area contributed by atoms with E-state index >= 15 is 0 Å². The third kappa shape index (κ3) is 3.11. The molecule has 1 fully saturated rings. The summed E-state index contributed by atoms with van der Waals surface area (Å²) in [5.41, 5.74) is 6.66. The first-order valence-corrected chi connectivity index (χ1v) is 7.43. The largest absolute Gasteiger partial charge is 0.342 e. The SMILES string of the molecule is Cc1nn(CCC(=O)N2CCC(C)(CN)C2)c(C)c1[N+](=O)[O-]. The normalized spacial score (nSPS) is 21.4. The van der Waals surface area contributed by atoms with Gasteiger partial charge in [0.1, 0.15) is 11.4 Å². The minimum absolute atomic E-state index is 0.00660. The third-order valence-electron chi connectivity index (χ3n) is 4.47. The molecule has 0 bridgehead atoms. The first-order chi connectivity index (χ1) is 10.3. The number of likely N-dealkylation sites (tertiary alicyclic amines) is 1. The molecule has 1 aliphatic heterocycles. The highest BCUT2D eigenvalue weighted by molar-refractivity contribution is 5.76. The molecule has 0 radical (unpaired) electrons. The summed E-state index contributed by atoms with van der Waals surface area (Å²) < 4.78 is 1.55. The highest BCUT2D eigenvalue weighted by atomic mass is 16.6. The molecule has 1 unspecified atom stereocenters. The summed E-state index contributed by atoms with van der Waals surface area (Å²) in [4.78, 5) is 24.6. The molecule has 8 heteroatoms. The molecule has 8 nitrogen and oxygen atoms in total. The van der Waals surface area contributed by atoms with E-state index in [2.05, 4.69) is 12.0 Å². The Balaban J connectivity index is 1.98. The molecule has 0 saturated carbocycles. The number of amides is 1. The van der Waals surface area contributed by atoms with Gasteiger partial charge in [0, 0.05) is 19.5 Å². The van der Waals surface area contributed by atoms with Crippen molar-refractivity contribution in [1.82, 2.24) is 14.7 Å². The van der Waals surface area contributed by atoms with Gasteiger partial charge < -0.3 is 10.6 Å². The summed E-state index contributed by atoms with van der Waals surface area (Å²) in [6, 6.07) is 0. The number of aryl methyl sites for hydroxylation is 2. The van der Waals surface area contributed by atoms with Crippen molar-refractivity contribution >= 4 is 11.6 Å². The molecule has 1 aromatic heterocycles. The molecule has 1 aliphatic rings. The zero-order valence-corrected chi connectivity index (χ0v) is 13.3. The summed E-state index contributed by atoms with van der Waals surface area (Å²) in [6.07, 6.45) is 1.21. The molecule has 1 aromatic rings. The van der Waals surface area contributed by atoms with Gasteiger partial charge in [0.15, 0.2) is 0 Å². The second-order valence-electron chi connectivity index (χ2n) is 6.33. The molecule has 1 saturated heterocycles. The molecule has 2 N–H and O–H groups in total. The second kappa shape index (κ2) is 6.04. The van der Waals surface area contributed by atoms with Crippen molar-refractivity contribution in [1.29, 1.82) is 0 Å². The van der Waals surface area contributed by atoms with Crippen LogP contribution in [0, 0.1) is 29.4 Å². The van der Waals surface area contributed by atoms with E-state index in [9.17, 15) is 14.9 Å². The fourth-order valence-corrected chi connectivity index (χ4v) is 2.93. The van der Waals surface area contributed by atoms with Gasteiger partial charge >= 0.3 is 5.69 Å². The molecular weight excluding hydrogens is 286 g/mol. The average molecular weight is 309 g/mol. The van der Waals surface area contributed by atoms with Gasteiger partial charge in [0.05, 0.1) is 11.5 Å². The lowest BCUT2D eigenvalue weighted by atomic mass is 9.90. The standard InChI is InChI=1S/C14H23N5O3/c1-10-13(19(21)22)11(2)18(16-10)6-4-12(20)17-7-5-14(3,8-15)9-17/h4-9,15H2,1-3H3. The van der Waals surface area contributed by atoms with Crippen molar-refractivity contribution in [3.63, 3.8) is 0 Å². The Kier molecular flexibility index (Phi) is 4.50. The van der Waals surface area contributed by atoms with Crippen LogP contribution < -0.4 is 5.73 Å². The Morgan fingerprint density at radius 3 is 2.68 bits per heavy atom. The van der Waals surface area contributed by atoms with E-state index < -0.39 is 4.92 Å². The van der Waals surface area contributed by atoms with Crippen molar-refractivity contribution in [2.75, 3.05) is 19.6 Å². The molecule has 22 heavy (non-hydrogen) atoms. The van der Waals surface area contributed by atoms with Gasteiger partial charge in [-0.25, -0.2) is 0 Å². The molecular formula is C14H23N5O3. The van der Waals surface area contributed by atoms with Crippen molar-refractivity contribution in [2.24, 2.45) is 11.1 Å². The van der Waals surface area contributed by atoms with Crippen LogP contribution in [0.15, 0.2) is 0 Å². The zero-order valence-electron chi connectivity index (χ0n) is 13.3. The Bertz CT molecular complexity index is 598. The Hall–Kier alpha value is -1.96. The number of nitrogens with zero attached hydrogens (tertiary/aromatic N) is 4. The van der Waals surface area contributed by atoms with Crippen LogP contribution in [0.4, 0.5) is 5.69 Å². The molecule has 1 amide bonds. The van der Waals surface area contributed by atoms with Gasteiger partial charge in [-0.15, -0.1) is 0 Å². The summed E-state index contributed by atoms with van der Waals surface area (Å²) >= 11 is 0. The van der Waals surface area contributed by atoms with E-state index in [-0.39, 0.29) is 17.0 Å². The summed E-state index contributed by atoms with van der Waals surface area (Å²) in [7, 11) is 0. The molecule has 122 valence electrons. The van der Waals surface area contributed by atoms with Crippen molar-refractivity contribution < 1.29 is 9.72 Å². The fourth-order valence-electron chi connectivity index (χ4n) is 2.93. The second-order valence-corrected chi connectivity index (χ2v) is 6.33. The number of nitro groups is 1. The zero-order chi connectivity index (χ0) is 16.5. The minimum atomic E-state index is -0.427. The first kappa shape index (κ1) is 16.4. The average Bonchev–Trinajstić information content (AvgIpc) is 2.98. The van der Waals surface area contributed by atoms with E-state index in [4.69, 9.17) is 5.73 Å². The fraction of sp³-hybridized carbons (Fsp3) is 0.714. The maximum absolute atomic E-state index is 12.3. The number of nitrogens with two attached hydrogens (primary N) is 1. The molecule has 2 rings (SSSR count). The van der Waals surface area contributed by atoms with Gasteiger partial charge in [0.2, 0.25) is 5.91 Å². The Labute approximate surface area is 129 Å². The lowest BCUT2D eigenvalue weighted by molar-refractivity contribution is -0.386. The van der Waals surface area contributed by atoms with Gasteiger partial charge in [-0.2, -0.15) is 5.10 Å². The lowest BCUT2D eigenvalue weighted by Gasteiger charge is -2.22. The third-order valence-corrected chi connectivity index (χ3v) is 4.47. The van der Waals surface area contributed by atoms with Crippen LogP contribution in [-0.4, -0.2) is 45.1 Å². The van der Waals surface area contributed by atoms with Gasteiger partial charge in [-0.05, 0) is 32.2 Å². The first-order valence-electron chi connectivity index (χ1n) is 7.43. The van der Waals surface area contributed by atoms with E-state index in [1.807, 2.05) is 4.90 Å². The van der Waals surface area contributed by atoms with Crippen molar-refractivity contribution in [2.45, 2.75) is 40.2 Å². The summed E-state index contributed by atoms with van der Waals surface area (Å²) in [5, 5.41) is 15.1. The Morgan fingerprint density at radius 1 is 1.50 bits per heavy atom. The molecule has 1 atom stereocenters. The van der Waals surface area contributed by atoms with E-state index in [0.717, 1.165) is 13.0 Å². The minimum Gasteiger partial charge on any atom is -0.342 e. The smallest absolute Gasteiger partial charge is 0.312 e. The summed E-state index contributed by atoms with van der Waals surface area (Å²) in [6.45, 7) is 7.68. The Morgan fingerprint density at radius 2 is 2.18 bits per heavy atom. The molecule has 0 spiro atoms. The maximum Gasteiger partial charge on any atom is 0.312 e. The molecule has 0 aromatic carbocycles. The quantitative estimate of drug-likeness (QED) is 0.645. The lowest BCUT2D eigenvalue weighted by Crippen LogP contribution is -2.34. The summed E-state index contributed by atoms with van der Waals surface area (Å²) in [5.74, 6) is 0.0485. The van der Waals surface area contributed by atoms with E-state index in [1.54, 1.807) is 18.5 Å². The van der Waals surface area contributed by atoms with Crippen molar-refractivity contribution in [3.8, 4) is 0 Å².